The first-order chi connectivity index (χ1) is 41.8. The van der Waals surface area contributed by atoms with Gasteiger partial charge in [-0.05, 0) is 171 Å². The van der Waals surface area contributed by atoms with E-state index in [2.05, 4.69) is 54.6 Å². The highest BCUT2D eigenvalue weighted by Crippen LogP contribution is 2.46. The highest BCUT2D eigenvalue weighted by Gasteiger charge is 2.33. The van der Waals surface area contributed by atoms with E-state index >= 15 is 0 Å². The summed E-state index contributed by atoms with van der Waals surface area (Å²) in [6.07, 6.45) is -4.90. The minimum absolute atomic E-state index is 0.0345. The van der Waals surface area contributed by atoms with Crippen LogP contribution in [0.25, 0.3) is 111 Å². The molecule has 0 fully saturated rings. The first-order valence-corrected chi connectivity index (χ1v) is 25.9. The van der Waals surface area contributed by atoms with E-state index < -0.39 is 11.7 Å². The molecule has 10 aromatic carbocycles. The average Bonchev–Trinajstić information content (AvgIpc) is 1.69. The lowest BCUT2D eigenvalue weighted by Gasteiger charge is -2.21. The first-order valence-electron chi connectivity index (χ1n) is 25.9. The number of nitriles is 10. The van der Waals surface area contributed by atoms with Crippen LogP contribution in [-0.2, 0) is 6.18 Å². The fraction of sp³-hybridized carbons (Fsp3) is 0.0141. The SMILES string of the molecule is N#Cc1cc(-c2ccc(-n3c4ccc(-c5ccc(C#N)cc5C#N)cc4c4cc(-c5ccc(C#N)cc5C#N)ccc43)c(C#N)c2-n2c3ccc(-c4ccc(C#N)cc4C#N)cc3c3cc(-c4ccc(C#N)cc4C#N)ccc32)cc(C(F)(F)F)c1. The molecule has 0 radical (unpaired) electrons. The van der Waals surface area contributed by atoms with E-state index in [4.69, 9.17) is 0 Å². The van der Waals surface area contributed by atoms with Crippen LogP contribution < -0.4 is 0 Å². The van der Waals surface area contributed by atoms with E-state index in [1.54, 1.807) is 102 Å². The fourth-order valence-electron chi connectivity index (χ4n) is 11.4. The molecule has 2 aromatic heterocycles. The van der Waals surface area contributed by atoms with Gasteiger partial charge in [0.05, 0.1) is 144 Å². The minimum atomic E-state index is -4.90. The Morgan fingerprint density at radius 3 is 0.930 bits per heavy atom. The minimum Gasteiger partial charge on any atom is -0.308 e. The Kier molecular flexibility index (Phi) is 12.9. The Labute approximate surface area is 487 Å². The molecule has 0 unspecified atom stereocenters. The number of hydrogen-bond acceptors (Lipinski definition) is 10. The number of alkyl halides is 3. The zero-order valence-corrected chi connectivity index (χ0v) is 44.2. The quantitative estimate of drug-likeness (QED) is 0.146. The second-order valence-electron chi connectivity index (χ2n) is 19.9. The molecule has 86 heavy (non-hydrogen) atoms. The van der Waals surface area contributed by atoms with Crippen molar-refractivity contribution in [3.8, 4) is 128 Å². The van der Waals surface area contributed by atoms with Crippen LogP contribution >= 0.6 is 0 Å². The van der Waals surface area contributed by atoms with E-state index in [1.165, 1.54) is 30.3 Å². The largest absolute Gasteiger partial charge is 0.416 e. The second-order valence-corrected chi connectivity index (χ2v) is 19.9. The van der Waals surface area contributed by atoms with Gasteiger partial charge in [0.1, 0.15) is 11.6 Å². The lowest BCUT2D eigenvalue weighted by Crippen LogP contribution is -2.08. The average molecular weight is 1110 g/mol. The zero-order chi connectivity index (χ0) is 60.1. The third-order valence-electron chi connectivity index (χ3n) is 15.3. The number of benzene rings is 10. The van der Waals surface area contributed by atoms with Crippen LogP contribution in [0.3, 0.4) is 0 Å². The Morgan fingerprint density at radius 2 is 0.616 bits per heavy atom. The summed E-state index contributed by atoms with van der Waals surface area (Å²) in [6.45, 7) is 0. The summed E-state index contributed by atoms with van der Waals surface area (Å²) in [6, 6.07) is 68.3. The molecule has 15 heteroatoms. The summed E-state index contributed by atoms with van der Waals surface area (Å²) in [7, 11) is 0. The maximum absolute atomic E-state index is 15.0. The maximum atomic E-state index is 15.0. The third-order valence-corrected chi connectivity index (χ3v) is 15.3. The molecule has 0 aliphatic rings. The Morgan fingerprint density at radius 1 is 0.279 bits per heavy atom. The predicted molar refractivity (Wildman–Crippen MR) is 314 cm³/mol. The zero-order valence-electron chi connectivity index (χ0n) is 44.2. The highest BCUT2D eigenvalue weighted by molar-refractivity contribution is 6.14. The summed E-state index contributed by atoms with van der Waals surface area (Å²) in [5.74, 6) is 0. The van der Waals surface area contributed by atoms with E-state index in [0.29, 0.717) is 88.1 Å². The molecule has 0 aliphatic heterocycles. The van der Waals surface area contributed by atoms with Crippen molar-refractivity contribution in [2.45, 2.75) is 6.18 Å². The number of aromatic nitrogens is 2. The van der Waals surface area contributed by atoms with Crippen LogP contribution in [0.2, 0.25) is 0 Å². The van der Waals surface area contributed by atoms with Gasteiger partial charge in [0.2, 0.25) is 0 Å². The van der Waals surface area contributed by atoms with Gasteiger partial charge in [-0.3, -0.25) is 0 Å². The fourth-order valence-corrected chi connectivity index (χ4v) is 11.4. The molecule has 394 valence electrons. The van der Waals surface area contributed by atoms with Crippen molar-refractivity contribution < 1.29 is 13.2 Å². The van der Waals surface area contributed by atoms with Crippen molar-refractivity contribution in [1.82, 2.24) is 9.13 Å². The summed E-state index contributed by atoms with van der Waals surface area (Å²) in [4.78, 5) is 0. The van der Waals surface area contributed by atoms with Crippen molar-refractivity contribution in [2.24, 2.45) is 0 Å². The van der Waals surface area contributed by atoms with Crippen LogP contribution in [0.1, 0.15) is 61.2 Å². The van der Waals surface area contributed by atoms with E-state index in [0.717, 1.165) is 12.1 Å². The third kappa shape index (κ3) is 8.73. The van der Waals surface area contributed by atoms with Gasteiger partial charge in [-0.2, -0.15) is 65.8 Å². The summed E-state index contributed by atoms with van der Waals surface area (Å²) >= 11 is 0. The van der Waals surface area contributed by atoms with Crippen LogP contribution in [0.15, 0.2) is 176 Å². The van der Waals surface area contributed by atoms with Gasteiger partial charge in [0.25, 0.3) is 0 Å². The summed E-state index contributed by atoms with van der Waals surface area (Å²) < 4.78 is 48.5. The second kappa shape index (κ2) is 20.9. The molecule has 12 rings (SSSR count). The Hall–Kier alpha value is -13.5. The van der Waals surface area contributed by atoms with Crippen molar-refractivity contribution in [3.63, 3.8) is 0 Å². The number of hydrogen-bond donors (Lipinski definition) is 0. The number of nitrogens with zero attached hydrogens (tertiary/aromatic N) is 12. The predicted octanol–water partition coefficient (Wildman–Crippen LogP) is 16.0. The van der Waals surface area contributed by atoms with Crippen molar-refractivity contribution >= 4 is 43.6 Å². The molecule has 0 spiro atoms. The normalized spacial score (nSPS) is 10.8. The molecule has 0 saturated heterocycles. The van der Waals surface area contributed by atoms with Crippen molar-refractivity contribution in [2.75, 3.05) is 0 Å². The molecule has 0 aliphatic carbocycles. The van der Waals surface area contributed by atoms with Gasteiger partial charge in [-0.15, -0.1) is 0 Å². The van der Waals surface area contributed by atoms with E-state index in [9.17, 15) is 65.8 Å². The Balaban J connectivity index is 1.22. The van der Waals surface area contributed by atoms with E-state index in [1.807, 2.05) is 47.0 Å². The topological polar surface area (TPSA) is 248 Å². The molecule has 0 atom stereocenters. The Bertz CT molecular complexity index is 5230. The first kappa shape index (κ1) is 53.1. The monoisotopic (exact) mass is 1110 g/mol. The lowest BCUT2D eigenvalue weighted by molar-refractivity contribution is -0.137. The lowest BCUT2D eigenvalue weighted by atomic mass is 9.94. The standard InChI is InChI=1S/C71H29F3N12/c72-71(73,74)54-24-44(34-79)23-49(25-54)59-13-18-69(85-65-14-5-45(55-9-1-40(30-75)19-50(55)35-80)26-60(65)61-27-46(6-15-66(61)85)56-10-2-41(31-76)20-51(56)36-81)64(39-84)70(59)86-67-16-7-47(57-11-3-42(32-77)21-52(57)37-82)28-62(67)63-29-48(8-17-68(63)86)58-12-4-43(33-78)22-53(58)38-83/h1-29H. The molecule has 0 N–H and O–H groups in total. The van der Waals surface area contributed by atoms with Gasteiger partial charge < -0.3 is 9.13 Å². The smallest absolute Gasteiger partial charge is 0.308 e. The molecular weight excluding hydrogens is 1080 g/mol. The number of rotatable bonds is 7. The molecule has 2 heterocycles. The summed E-state index contributed by atoms with van der Waals surface area (Å²) in [5.41, 5.74) is 7.27. The molecule has 0 bridgehead atoms. The molecule has 0 amide bonds. The van der Waals surface area contributed by atoms with Crippen LogP contribution in [0, 0.1) is 113 Å². The van der Waals surface area contributed by atoms with Crippen molar-refractivity contribution in [1.29, 1.82) is 52.6 Å². The van der Waals surface area contributed by atoms with Crippen LogP contribution in [0.4, 0.5) is 13.2 Å². The highest BCUT2D eigenvalue weighted by atomic mass is 19.4. The molecule has 0 saturated carbocycles. The van der Waals surface area contributed by atoms with Crippen molar-refractivity contribution in [3.05, 3.63) is 237 Å². The molecule has 12 nitrogen and oxygen atoms in total. The molecular formula is C71H29F3N12. The van der Waals surface area contributed by atoms with Gasteiger partial charge in [-0.1, -0.05) is 54.6 Å². The van der Waals surface area contributed by atoms with Gasteiger partial charge in [0.15, 0.2) is 0 Å². The number of halogens is 3. The van der Waals surface area contributed by atoms with Crippen LogP contribution in [-0.4, -0.2) is 9.13 Å². The maximum Gasteiger partial charge on any atom is 0.416 e. The number of fused-ring (bicyclic) bond motifs is 6. The van der Waals surface area contributed by atoms with Gasteiger partial charge in [0, 0.05) is 27.1 Å². The van der Waals surface area contributed by atoms with E-state index in [-0.39, 0.29) is 78.1 Å². The summed E-state index contributed by atoms with van der Waals surface area (Å²) in [5, 5.41) is 105. The van der Waals surface area contributed by atoms with Gasteiger partial charge >= 0.3 is 6.18 Å². The molecule has 12 aromatic rings. The van der Waals surface area contributed by atoms with Crippen LogP contribution in [0.5, 0.6) is 0 Å². The van der Waals surface area contributed by atoms with Gasteiger partial charge in [-0.25, -0.2) is 0 Å².